The van der Waals surface area contributed by atoms with E-state index in [1.165, 1.54) is 6.92 Å². The third-order valence-electron chi connectivity index (χ3n) is 3.37. The second-order valence-corrected chi connectivity index (χ2v) is 6.44. The maximum Gasteiger partial charge on any atom is 0.404 e. The standard InChI is InChI=1S/C13H22F3N3O2/c1-8(9(20)19-11(2,3)4)18-10(21)12(13(14,15)16)5-6-17-7-12/h8,17H,5-7H2,1-4H3,(H,18,21)(H,19,20). The highest BCUT2D eigenvalue weighted by Gasteiger charge is 2.61. The molecular formula is C13H22F3N3O2. The van der Waals surface area contributed by atoms with Gasteiger partial charge >= 0.3 is 6.18 Å². The third kappa shape index (κ3) is 4.09. The first-order valence-corrected chi connectivity index (χ1v) is 6.79. The summed E-state index contributed by atoms with van der Waals surface area (Å²) in [4.78, 5) is 23.9. The second kappa shape index (κ2) is 5.82. The molecule has 122 valence electrons. The zero-order chi connectivity index (χ0) is 16.5. The number of carbonyl (C=O) groups is 2. The minimum absolute atomic E-state index is 0.121. The molecule has 0 bridgehead atoms. The van der Waals surface area contributed by atoms with Gasteiger partial charge in [-0.15, -0.1) is 0 Å². The lowest BCUT2D eigenvalue weighted by atomic mass is 9.85. The Hall–Kier alpha value is -1.31. The molecule has 2 atom stereocenters. The molecule has 1 rings (SSSR count). The second-order valence-electron chi connectivity index (χ2n) is 6.44. The minimum atomic E-state index is -4.65. The van der Waals surface area contributed by atoms with Gasteiger partial charge in [0.1, 0.15) is 6.04 Å². The van der Waals surface area contributed by atoms with Gasteiger partial charge in [-0.2, -0.15) is 13.2 Å². The van der Waals surface area contributed by atoms with Crippen LogP contribution in [0.1, 0.15) is 34.1 Å². The highest BCUT2D eigenvalue weighted by molar-refractivity contribution is 5.90. The number of hydrogen-bond acceptors (Lipinski definition) is 3. The molecule has 0 aromatic rings. The van der Waals surface area contributed by atoms with Crippen LogP contribution >= 0.6 is 0 Å². The van der Waals surface area contributed by atoms with Crippen LogP contribution in [0.3, 0.4) is 0 Å². The van der Waals surface area contributed by atoms with Gasteiger partial charge in [0, 0.05) is 12.1 Å². The number of alkyl halides is 3. The van der Waals surface area contributed by atoms with Gasteiger partial charge in [-0.05, 0) is 40.7 Å². The summed E-state index contributed by atoms with van der Waals surface area (Å²) in [6.07, 6.45) is -4.98. The highest BCUT2D eigenvalue weighted by Crippen LogP contribution is 2.43. The molecule has 1 aliphatic rings. The molecule has 0 aromatic heterocycles. The third-order valence-corrected chi connectivity index (χ3v) is 3.37. The molecule has 5 nitrogen and oxygen atoms in total. The number of nitrogens with one attached hydrogen (secondary N) is 3. The lowest BCUT2D eigenvalue weighted by Gasteiger charge is -2.31. The fourth-order valence-corrected chi connectivity index (χ4v) is 2.13. The van der Waals surface area contributed by atoms with Gasteiger partial charge in [0.15, 0.2) is 5.41 Å². The Morgan fingerprint density at radius 1 is 1.24 bits per heavy atom. The van der Waals surface area contributed by atoms with E-state index in [1.54, 1.807) is 20.8 Å². The minimum Gasteiger partial charge on any atom is -0.350 e. The van der Waals surface area contributed by atoms with E-state index in [0.29, 0.717) is 0 Å². The van der Waals surface area contributed by atoms with E-state index >= 15 is 0 Å². The number of rotatable bonds is 3. The Bertz CT molecular complexity index is 410. The molecular weight excluding hydrogens is 287 g/mol. The Morgan fingerprint density at radius 2 is 1.81 bits per heavy atom. The van der Waals surface area contributed by atoms with Crippen molar-refractivity contribution in [2.45, 2.75) is 51.9 Å². The average molecular weight is 309 g/mol. The first kappa shape index (κ1) is 17.7. The number of amides is 2. The summed E-state index contributed by atoms with van der Waals surface area (Å²) in [6.45, 7) is 6.27. The summed E-state index contributed by atoms with van der Waals surface area (Å²) in [5, 5.41) is 7.36. The molecule has 8 heteroatoms. The smallest absolute Gasteiger partial charge is 0.350 e. The maximum atomic E-state index is 13.2. The molecule has 2 amide bonds. The number of carbonyl (C=O) groups excluding carboxylic acids is 2. The fraction of sp³-hybridized carbons (Fsp3) is 0.846. The van der Waals surface area contributed by atoms with Crippen LogP contribution in [0.25, 0.3) is 0 Å². The van der Waals surface area contributed by atoms with Crippen LogP contribution in [-0.4, -0.2) is 42.7 Å². The van der Waals surface area contributed by atoms with Crippen LogP contribution in [0, 0.1) is 5.41 Å². The summed E-state index contributed by atoms with van der Waals surface area (Å²) in [7, 11) is 0. The largest absolute Gasteiger partial charge is 0.404 e. The predicted octanol–water partition coefficient (Wildman–Crippen LogP) is 0.948. The van der Waals surface area contributed by atoms with E-state index in [-0.39, 0.29) is 13.0 Å². The summed E-state index contributed by atoms with van der Waals surface area (Å²) < 4.78 is 39.6. The Balaban J connectivity index is 2.77. The van der Waals surface area contributed by atoms with Crippen molar-refractivity contribution in [3.05, 3.63) is 0 Å². The highest BCUT2D eigenvalue weighted by atomic mass is 19.4. The van der Waals surface area contributed by atoms with E-state index < -0.39 is 41.5 Å². The van der Waals surface area contributed by atoms with Crippen molar-refractivity contribution in [1.29, 1.82) is 0 Å². The van der Waals surface area contributed by atoms with Gasteiger partial charge in [0.05, 0.1) is 0 Å². The fourth-order valence-electron chi connectivity index (χ4n) is 2.13. The topological polar surface area (TPSA) is 70.2 Å². The SMILES string of the molecule is CC(NC(=O)C1(C(F)(F)F)CCNC1)C(=O)NC(C)(C)C. The van der Waals surface area contributed by atoms with Crippen LogP contribution in [0.2, 0.25) is 0 Å². The van der Waals surface area contributed by atoms with Gasteiger partial charge in [-0.25, -0.2) is 0 Å². The predicted molar refractivity (Wildman–Crippen MR) is 71.5 cm³/mol. The molecule has 0 saturated carbocycles. The van der Waals surface area contributed by atoms with Crippen molar-refractivity contribution in [1.82, 2.24) is 16.0 Å². The molecule has 0 aromatic carbocycles. The van der Waals surface area contributed by atoms with E-state index in [2.05, 4.69) is 16.0 Å². The molecule has 0 aliphatic carbocycles. The maximum absolute atomic E-state index is 13.2. The quantitative estimate of drug-likeness (QED) is 0.727. The van der Waals surface area contributed by atoms with Gasteiger partial charge < -0.3 is 16.0 Å². The van der Waals surface area contributed by atoms with Crippen LogP contribution in [0.5, 0.6) is 0 Å². The van der Waals surface area contributed by atoms with Gasteiger partial charge in [0.2, 0.25) is 11.8 Å². The van der Waals surface area contributed by atoms with Crippen LogP contribution in [-0.2, 0) is 9.59 Å². The summed E-state index contributed by atoms with van der Waals surface area (Å²) in [6, 6.07) is -1.03. The monoisotopic (exact) mass is 309 g/mol. The molecule has 0 spiro atoms. The normalized spacial score (nSPS) is 24.5. The van der Waals surface area contributed by atoms with Gasteiger partial charge in [-0.1, -0.05) is 0 Å². The molecule has 0 radical (unpaired) electrons. The molecule has 1 saturated heterocycles. The van der Waals surface area contributed by atoms with Crippen LogP contribution in [0.4, 0.5) is 13.2 Å². The summed E-state index contributed by atoms with van der Waals surface area (Å²) in [5.74, 6) is -1.67. The molecule has 1 heterocycles. The number of halogens is 3. The zero-order valence-corrected chi connectivity index (χ0v) is 12.6. The lowest BCUT2D eigenvalue weighted by molar-refractivity contribution is -0.216. The first-order valence-electron chi connectivity index (χ1n) is 6.79. The van der Waals surface area contributed by atoms with Crippen molar-refractivity contribution in [3.63, 3.8) is 0 Å². The van der Waals surface area contributed by atoms with E-state index in [0.717, 1.165) is 0 Å². The number of hydrogen-bond donors (Lipinski definition) is 3. The van der Waals surface area contributed by atoms with Crippen molar-refractivity contribution in [3.8, 4) is 0 Å². The Kier molecular flexibility index (Phi) is 4.92. The zero-order valence-electron chi connectivity index (χ0n) is 12.6. The van der Waals surface area contributed by atoms with Crippen molar-refractivity contribution in [2.24, 2.45) is 5.41 Å². The van der Waals surface area contributed by atoms with E-state index in [4.69, 9.17) is 0 Å². The average Bonchev–Trinajstić information content (AvgIpc) is 2.75. The first-order chi connectivity index (χ1) is 9.39. The van der Waals surface area contributed by atoms with E-state index in [9.17, 15) is 22.8 Å². The van der Waals surface area contributed by atoms with E-state index in [1.807, 2.05) is 0 Å². The van der Waals surface area contributed by atoms with Gasteiger partial charge in [0.25, 0.3) is 0 Å². The van der Waals surface area contributed by atoms with Crippen LogP contribution < -0.4 is 16.0 Å². The molecule has 1 aliphatic heterocycles. The molecule has 21 heavy (non-hydrogen) atoms. The summed E-state index contributed by atoms with van der Waals surface area (Å²) in [5.41, 5.74) is -2.98. The van der Waals surface area contributed by atoms with Crippen molar-refractivity contribution < 1.29 is 22.8 Å². The van der Waals surface area contributed by atoms with Crippen LogP contribution in [0.15, 0.2) is 0 Å². The van der Waals surface area contributed by atoms with Crippen molar-refractivity contribution in [2.75, 3.05) is 13.1 Å². The molecule has 1 fully saturated rings. The molecule has 3 N–H and O–H groups in total. The summed E-state index contributed by atoms with van der Waals surface area (Å²) >= 11 is 0. The lowest BCUT2D eigenvalue weighted by Crippen LogP contribution is -2.57. The van der Waals surface area contributed by atoms with Gasteiger partial charge in [-0.3, -0.25) is 9.59 Å². The Morgan fingerprint density at radius 3 is 2.19 bits per heavy atom. The Labute approximate surface area is 122 Å². The molecule has 2 unspecified atom stereocenters. The van der Waals surface area contributed by atoms with Crippen molar-refractivity contribution >= 4 is 11.8 Å².